The van der Waals surface area contributed by atoms with E-state index in [1.54, 1.807) is 15.4 Å². The fraction of sp³-hybridized carbons (Fsp3) is 0. The van der Waals surface area contributed by atoms with E-state index in [0.717, 1.165) is 10.5 Å². The lowest BCUT2D eigenvalue weighted by molar-refractivity contribution is 1.54. The van der Waals surface area contributed by atoms with E-state index >= 15 is 0 Å². The van der Waals surface area contributed by atoms with E-state index in [0.29, 0.717) is 0 Å². The Balaban J connectivity index is 2.99. The summed E-state index contributed by atoms with van der Waals surface area (Å²) in [6, 6.07) is 6.00. The molecule has 1 nitrogen and oxygen atoms in total. The predicted octanol–water partition coefficient (Wildman–Crippen LogP) is 3.05. The van der Waals surface area contributed by atoms with Crippen molar-refractivity contribution in [1.29, 1.82) is 5.26 Å². The first kappa shape index (κ1) is 7.76. The Labute approximate surface area is 77.1 Å². The Morgan fingerprint density at radius 2 is 2.60 bits per heavy atom. The molecule has 0 saturated heterocycles. The number of halogens is 1. The summed E-state index contributed by atoms with van der Waals surface area (Å²) < 4.78 is 1.80. The van der Waals surface area contributed by atoms with Crippen molar-refractivity contribution in [2.45, 2.75) is 0 Å². The van der Waals surface area contributed by atoms with E-state index < -0.39 is 0 Å². The van der Waals surface area contributed by atoms with Crippen LogP contribution in [0.15, 0.2) is 21.6 Å². The van der Waals surface area contributed by atoms with Crippen LogP contribution in [-0.2, 0) is 0 Å². The van der Waals surface area contributed by atoms with E-state index in [9.17, 15) is 0 Å². The molecule has 0 aromatic carbocycles. The molecule has 0 aliphatic heterocycles. The van der Waals surface area contributed by atoms with Crippen molar-refractivity contribution < 1.29 is 0 Å². The lowest BCUT2D eigenvalue weighted by Gasteiger charge is -1.86. The second kappa shape index (κ2) is 3.74. The van der Waals surface area contributed by atoms with E-state index in [2.05, 4.69) is 28.7 Å². The van der Waals surface area contributed by atoms with Crippen LogP contribution < -0.4 is 0 Å². The Morgan fingerprint density at radius 3 is 3.00 bits per heavy atom. The lowest BCUT2D eigenvalue weighted by Crippen LogP contribution is -1.68. The number of rotatable bonds is 1. The minimum absolute atomic E-state index is 0.746. The van der Waals surface area contributed by atoms with E-state index in [1.165, 1.54) is 0 Å². The Morgan fingerprint density at radius 1 is 1.80 bits per heavy atom. The maximum absolute atomic E-state index is 8.58. The average molecular weight is 261 g/mol. The van der Waals surface area contributed by atoms with Crippen LogP contribution in [0.25, 0.3) is 5.57 Å². The van der Waals surface area contributed by atoms with Crippen molar-refractivity contribution in [1.82, 2.24) is 0 Å². The van der Waals surface area contributed by atoms with Crippen molar-refractivity contribution in [3.05, 3.63) is 26.5 Å². The third-order valence-corrected chi connectivity index (χ3v) is 2.54. The molecule has 0 N–H and O–H groups in total. The van der Waals surface area contributed by atoms with Crippen LogP contribution >= 0.6 is 33.9 Å². The highest BCUT2D eigenvalue weighted by atomic mass is 127. The van der Waals surface area contributed by atoms with Crippen LogP contribution in [0, 0.1) is 11.3 Å². The molecule has 10 heavy (non-hydrogen) atoms. The Kier molecular flexibility index (Phi) is 2.90. The van der Waals surface area contributed by atoms with E-state index in [-0.39, 0.29) is 0 Å². The number of hydrogen-bond donors (Lipinski definition) is 0. The van der Waals surface area contributed by atoms with Crippen LogP contribution in [0.2, 0.25) is 0 Å². The molecule has 0 aliphatic carbocycles. The largest absolute Gasteiger partial charge is 0.192 e. The molecule has 1 rings (SSSR count). The highest BCUT2D eigenvalue weighted by Gasteiger charge is 1.97. The number of hydrogen-bond acceptors (Lipinski definition) is 2. The third kappa shape index (κ3) is 1.58. The fourth-order valence-electron chi connectivity index (χ4n) is 0.565. The molecular formula is C7H4INS. The number of allylic oxidation sites excluding steroid dienone is 1. The lowest BCUT2D eigenvalue weighted by atomic mass is 10.3. The van der Waals surface area contributed by atoms with Gasteiger partial charge in [0.25, 0.3) is 0 Å². The molecule has 0 saturated carbocycles. The summed E-state index contributed by atoms with van der Waals surface area (Å²) in [4.78, 5) is 1.04. The normalized spacial score (nSPS) is 11.0. The molecule has 0 amide bonds. The van der Waals surface area contributed by atoms with E-state index in [1.807, 2.05) is 17.5 Å². The molecule has 0 spiro atoms. The van der Waals surface area contributed by atoms with E-state index in [4.69, 9.17) is 5.26 Å². The third-order valence-electron chi connectivity index (χ3n) is 1.02. The molecule has 0 bridgehead atoms. The monoisotopic (exact) mass is 261 g/mol. The minimum atomic E-state index is 0.746. The summed E-state index contributed by atoms with van der Waals surface area (Å²) >= 11 is 3.66. The maximum Gasteiger partial charge on any atom is 0.101 e. The van der Waals surface area contributed by atoms with Crippen LogP contribution in [0.5, 0.6) is 0 Å². The van der Waals surface area contributed by atoms with Gasteiger partial charge in [-0.3, -0.25) is 0 Å². The first-order valence-electron chi connectivity index (χ1n) is 2.63. The van der Waals surface area contributed by atoms with Crippen LogP contribution in [-0.4, -0.2) is 0 Å². The van der Waals surface area contributed by atoms with Gasteiger partial charge in [-0.2, -0.15) is 5.26 Å². The van der Waals surface area contributed by atoms with Crippen LogP contribution in [0.3, 0.4) is 0 Å². The van der Waals surface area contributed by atoms with Gasteiger partial charge in [0.2, 0.25) is 0 Å². The van der Waals surface area contributed by atoms with Crippen molar-refractivity contribution in [3.8, 4) is 6.07 Å². The summed E-state index contributed by atoms with van der Waals surface area (Å²) in [5, 5.41) is 10.5. The molecule has 0 fully saturated rings. The van der Waals surface area contributed by atoms with Gasteiger partial charge < -0.3 is 0 Å². The standard InChI is InChI=1S/C7H4INS/c8-4-6(5-9)7-2-1-3-10-7/h1-4H/b6-4+. The first-order valence-corrected chi connectivity index (χ1v) is 4.75. The topological polar surface area (TPSA) is 23.8 Å². The van der Waals surface area contributed by atoms with Gasteiger partial charge in [0, 0.05) is 4.88 Å². The van der Waals surface area contributed by atoms with Crippen LogP contribution in [0.4, 0.5) is 0 Å². The van der Waals surface area contributed by atoms with Crippen molar-refractivity contribution in [2.24, 2.45) is 0 Å². The number of thiophene rings is 1. The van der Waals surface area contributed by atoms with Crippen molar-refractivity contribution >= 4 is 39.5 Å². The van der Waals surface area contributed by atoms with Gasteiger partial charge in [-0.15, -0.1) is 11.3 Å². The molecular weight excluding hydrogens is 257 g/mol. The van der Waals surface area contributed by atoms with Gasteiger partial charge in [0.15, 0.2) is 0 Å². The zero-order valence-electron chi connectivity index (χ0n) is 5.04. The average Bonchev–Trinajstić information content (AvgIpc) is 2.43. The summed E-state index contributed by atoms with van der Waals surface area (Å²) in [6.07, 6.45) is 0. The van der Waals surface area contributed by atoms with Gasteiger partial charge in [-0.05, 0) is 15.5 Å². The summed E-state index contributed by atoms with van der Waals surface area (Å²) in [5.74, 6) is 0. The smallest absolute Gasteiger partial charge is 0.101 e. The number of nitriles is 1. The van der Waals surface area contributed by atoms with Gasteiger partial charge in [-0.1, -0.05) is 28.7 Å². The summed E-state index contributed by atoms with van der Waals surface area (Å²) in [6.45, 7) is 0. The highest BCUT2D eigenvalue weighted by molar-refractivity contribution is 14.1. The second-order valence-electron chi connectivity index (χ2n) is 1.61. The molecule has 0 atom stereocenters. The Bertz CT molecular complexity index is 268. The highest BCUT2D eigenvalue weighted by Crippen LogP contribution is 2.20. The van der Waals surface area contributed by atoms with Gasteiger partial charge in [-0.25, -0.2) is 0 Å². The van der Waals surface area contributed by atoms with Crippen molar-refractivity contribution in [3.63, 3.8) is 0 Å². The van der Waals surface area contributed by atoms with Gasteiger partial charge in [0.05, 0.1) is 5.57 Å². The fourth-order valence-corrected chi connectivity index (χ4v) is 1.94. The van der Waals surface area contributed by atoms with Gasteiger partial charge >= 0.3 is 0 Å². The second-order valence-corrected chi connectivity index (χ2v) is 3.18. The zero-order chi connectivity index (χ0) is 7.40. The minimum Gasteiger partial charge on any atom is -0.192 e. The first-order chi connectivity index (χ1) is 4.88. The summed E-state index contributed by atoms with van der Waals surface area (Å²) in [5.41, 5.74) is 0.746. The zero-order valence-corrected chi connectivity index (χ0v) is 8.02. The van der Waals surface area contributed by atoms with Crippen LogP contribution in [0.1, 0.15) is 4.88 Å². The molecule has 3 heteroatoms. The molecule has 0 unspecified atom stereocenters. The maximum atomic E-state index is 8.58. The molecule has 1 heterocycles. The van der Waals surface area contributed by atoms with Crippen molar-refractivity contribution in [2.75, 3.05) is 0 Å². The molecule has 0 radical (unpaired) electrons. The summed E-state index contributed by atoms with van der Waals surface area (Å²) in [7, 11) is 0. The molecule has 50 valence electrons. The molecule has 0 aliphatic rings. The number of nitrogens with zero attached hydrogens (tertiary/aromatic N) is 1. The SMILES string of the molecule is N#C/C(=C\I)c1cccs1. The predicted molar refractivity (Wildman–Crippen MR) is 51.9 cm³/mol. The van der Waals surface area contributed by atoms with Gasteiger partial charge in [0.1, 0.15) is 6.07 Å². The molecule has 1 aromatic rings. The quantitative estimate of drug-likeness (QED) is 0.563. The molecule has 1 aromatic heterocycles. The Hall–Kier alpha value is -0.340.